The van der Waals surface area contributed by atoms with Crippen molar-refractivity contribution in [2.45, 2.75) is 0 Å². The highest BCUT2D eigenvalue weighted by atomic mass is 32.1. The fourth-order valence-electron chi connectivity index (χ4n) is 8.96. The van der Waals surface area contributed by atoms with Crippen LogP contribution in [-0.4, -0.2) is 9.13 Å². The third-order valence-corrected chi connectivity index (χ3v) is 12.7. The van der Waals surface area contributed by atoms with Gasteiger partial charge in [0, 0.05) is 52.8 Å². The number of aromatic nitrogens is 2. The number of para-hydroxylation sites is 2. The van der Waals surface area contributed by atoms with Crippen LogP contribution in [-0.2, 0) is 0 Å². The average Bonchev–Trinajstić information content (AvgIpc) is 3.90. The Morgan fingerprint density at radius 2 is 0.782 bits per heavy atom. The van der Waals surface area contributed by atoms with E-state index >= 15 is 0 Å². The molecule has 3 aromatic heterocycles. The second-order valence-corrected chi connectivity index (χ2v) is 15.6. The quantitative estimate of drug-likeness (QED) is 0.172. The van der Waals surface area contributed by atoms with E-state index in [1.807, 2.05) is 11.3 Å². The van der Waals surface area contributed by atoms with Crippen LogP contribution in [0.4, 0.5) is 0 Å². The van der Waals surface area contributed by atoms with E-state index in [2.05, 4.69) is 203 Å². The minimum absolute atomic E-state index is 1.16. The van der Waals surface area contributed by atoms with Crippen LogP contribution in [0, 0.1) is 0 Å². The Morgan fingerprint density at radius 3 is 1.51 bits per heavy atom. The van der Waals surface area contributed by atoms with Gasteiger partial charge in [0.15, 0.2) is 0 Å². The van der Waals surface area contributed by atoms with E-state index in [-0.39, 0.29) is 0 Å². The Kier molecular flexibility index (Phi) is 6.54. The van der Waals surface area contributed by atoms with Crippen molar-refractivity contribution in [3.63, 3.8) is 0 Å². The van der Waals surface area contributed by atoms with E-state index in [1.54, 1.807) is 0 Å². The second-order valence-electron chi connectivity index (χ2n) is 14.5. The van der Waals surface area contributed by atoms with Crippen LogP contribution < -0.4 is 0 Å². The van der Waals surface area contributed by atoms with Crippen LogP contribution in [0.2, 0.25) is 0 Å². The molecule has 0 fully saturated rings. The first-order valence-corrected chi connectivity index (χ1v) is 19.7. The minimum Gasteiger partial charge on any atom is -0.309 e. The zero-order chi connectivity index (χ0) is 36.0. The van der Waals surface area contributed by atoms with E-state index < -0.39 is 0 Å². The number of hydrogen-bond donors (Lipinski definition) is 0. The van der Waals surface area contributed by atoms with Gasteiger partial charge in [0.2, 0.25) is 0 Å². The Bertz CT molecular complexity index is 3480. The summed E-state index contributed by atoms with van der Waals surface area (Å²) in [5.74, 6) is 0. The monoisotopic (exact) mass is 716 g/mol. The molecule has 12 rings (SSSR count). The normalized spacial score (nSPS) is 12.0. The second kappa shape index (κ2) is 11.8. The summed E-state index contributed by atoms with van der Waals surface area (Å²) in [7, 11) is 0. The van der Waals surface area contributed by atoms with E-state index in [4.69, 9.17) is 0 Å². The van der Waals surface area contributed by atoms with Crippen molar-refractivity contribution in [2.75, 3.05) is 0 Å². The van der Waals surface area contributed by atoms with Gasteiger partial charge < -0.3 is 9.13 Å². The molecule has 0 aliphatic heterocycles. The molecule has 0 bridgehead atoms. The third-order valence-electron chi connectivity index (χ3n) is 11.5. The van der Waals surface area contributed by atoms with Gasteiger partial charge in [0.25, 0.3) is 0 Å². The molecule has 0 spiro atoms. The summed E-state index contributed by atoms with van der Waals surface area (Å²) in [5, 5.41) is 10.2. The topological polar surface area (TPSA) is 9.86 Å². The highest BCUT2D eigenvalue weighted by Gasteiger charge is 2.18. The number of fused-ring (bicyclic) bond motifs is 10. The maximum Gasteiger partial charge on any atom is 0.0541 e. The average molecular weight is 717 g/mol. The van der Waals surface area contributed by atoms with Crippen molar-refractivity contribution in [1.29, 1.82) is 0 Å². The lowest BCUT2D eigenvalue weighted by molar-refractivity contribution is 1.18. The van der Waals surface area contributed by atoms with Crippen molar-refractivity contribution < 1.29 is 0 Å². The number of thiophene rings is 1. The van der Waals surface area contributed by atoms with Crippen molar-refractivity contribution in [3.05, 3.63) is 194 Å². The summed E-state index contributed by atoms with van der Waals surface area (Å²) in [5.41, 5.74) is 12.1. The van der Waals surface area contributed by atoms with Crippen LogP contribution in [0.5, 0.6) is 0 Å². The number of nitrogens with zero attached hydrogens (tertiary/aromatic N) is 2. The summed E-state index contributed by atoms with van der Waals surface area (Å²) in [4.78, 5) is 0. The van der Waals surface area contributed by atoms with E-state index in [9.17, 15) is 0 Å². The Balaban J connectivity index is 1.06. The lowest BCUT2D eigenvalue weighted by Gasteiger charge is -2.12. The fraction of sp³-hybridized carbons (Fsp3) is 0. The molecular weight excluding hydrogens is 685 g/mol. The van der Waals surface area contributed by atoms with E-state index in [0.717, 1.165) is 5.69 Å². The van der Waals surface area contributed by atoms with Gasteiger partial charge in [-0.1, -0.05) is 115 Å². The predicted molar refractivity (Wildman–Crippen MR) is 236 cm³/mol. The van der Waals surface area contributed by atoms with Gasteiger partial charge >= 0.3 is 0 Å². The van der Waals surface area contributed by atoms with Crippen molar-refractivity contribution in [1.82, 2.24) is 9.13 Å². The molecule has 0 amide bonds. The van der Waals surface area contributed by atoms with E-state index in [1.165, 1.54) is 102 Å². The number of rotatable bonds is 4. The Morgan fingerprint density at radius 1 is 0.291 bits per heavy atom. The number of benzene rings is 9. The molecule has 256 valence electrons. The number of hydrogen-bond acceptors (Lipinski definition) is 1. The zero-order valence-electron chi connectivity index (χ0n) is 29.8. The molecule has 0 saturated carbocycles. The molecule has 0 saturated heterocycles. The SMILES string of the molecule is c1ccc(-n2c3ccc(-c4ccc5sc6ccccc6c5c4)cc3c3cc(-c4ccc5c(c4)c4ccccc4n5-c4cccc5ccccc45)ccc32)cc1. The van der Waals surface area contributed by atoms with Crippen molar-refractivity contribution >= 4 is 85.9 Å². The summed E-state index contributed by atoms with van der Waals surface area (Å²) < 4.78 is 7.51. The van der Waals surface area contributed by atoms with Gasteiger partial charge in [-0.3, -0.25) is 0 Å². The molecule has 0 aliphatic rings. The molecule has 0 aliphatic carbocycles. The molecule has 55 heavy (non-hydrogen) atoms. The van der Waals surface area contributed by atoms with Gasteiger partial charge in [0.1, 0.15) is 0 Å². The first kappa shape index (κ1) is 30.5. The fourth-order valence-corrected chi connectivity index (χ4v) is 10.0. The lowest BCUT2D eigenvalue weighted by Crippen LogP contribution is -1.95. The first-order chi connectivity index (χ1) is 27.3. The maximum absolute atomic E-state index is 2.44. The smallest absolute Gasteiger partial charge is 0.0541 e. The van der Waals surface area contributed by atoms with Crippen LogP contribution in [0.25, 0.3) is 108 Å². The van der Waals surface area contributed by atoms with Gasteiger partial charge in [-0.2, -0.15) is 0 Å². The summed E-state index contributed by atoms with van der Waals surface area (Å²) in [6.45, 7) is 0. The van der Waals surface area contributed by atoms with Crippen LogP contribution >= 0.6 is 11.3 Å². The van der Waals surface area contributed by atoms with Gasteiger partial charge in [0.05, 0.1) is 27.8 Å². The Labute approximate surface area is 321 Å². The van der Waals surface area contributed by atoms with Gasteiger partial charge in [-0.05, 0) is 107 Å². The molecule has 0 N–H and O–H groups in total. The van der Waals surface area contributed by atoms with Gasteiger partial charge in [-0.15, -0.1) is 11.3 Å². The van der Waals surface area contributed by atoms with Crippen molar-refractivity contribution in [2.24, 2.45) is 0 Å². The maximum atomic E-state index is 2.44. The molecule has 0 unspecified atom stereocenters. The summed E-state index contributed by atoms with van der Waals surface area (Å²) >= 11 is 1.87. The van der Waals surface area contributed by atoms with Crippen molar-refractivity contribution in [3.8, 4) is 33.6 Å². The minimum atomic E-state index is 1.16. The molecule has 3 heterocycles. The Hall–Kier alpha value is -6.94. The zero-order valence-corrected chi connectivity index (χ0v) is 30.6. The van der Waals surface area contributed by atoms with Crippen LogP contribution in [0.3, 0.4) is 0 Å². The predicted octanol–water partition coefficient (Wildman–Crippen LogP) is 14.7. The largest absolute Gasteiger partial charge is 0.309 e. The lowest BCUT2D eigenvalue weighted by atomic mass is 9.98. The standard InChI is InChI=1S/C52H32N2S/c1-2-13-38(14-3-1)53-48-25-21-35(30-43(48)44-31-36(22-26-49(44)53)37-24-28-52-45(32-37)41-17-7-9-20-51(41)55-52)34-23-27-50-42(29-34)40-16-6-8-18-47(40)54(50)46-19-10-12-33-11-4-5-15-39(33)46/h1-32H. The van der Waals surface area contributed by atoms with Gasteiger partial charge in [-0.25, -0.2) is 0 Å². The van der Waals surface area contributed by atoms with Crippen LogP contribution in [0.15, 0.2) is 194 Å². The highest BCUT2D eigenvalue weighted by molar-refractivity contribution is 7.25. The molecule has 0 radical (unpaired) electrons. The first-order valence-electron chi connectivity index (χ1n) is 18.8. The molecule has 2 nitrogen and oxygen atoms in total. The summed E-state index contributed by atoms with van der Waals surface area (Å²) in [6, 6.07) is 71.5. The highest BCUT2D eigenvalue weighted by Crippen LogP contribution is 2.41. The molecular formula is C52H32N2S. The molecule has 12 aromatic rings. The van der Waals surface area contributed by atoms with E-state index in [0.29, 0.717) is 0 Å². The van der Waals surface area contributed by atoms with Crippen LogP contribution in [0.1, 0.15) is 0 Å². The molecule has 3 heteroatoms. The molecule has 0 atom stereocenters. The molecule has 9 aromatic carbocycles. The summed E-state index contributed by atoms with van der Waals surface area (Å²) in [6.07, 6.45) is 0. The third kappa shape index (κ3) is 4.60.